The third kappa shape index (κ3) is 2.90. The Morgan fingerprint density at radius 2 is 2.27 bits per heavy atom. The van der Waals surface area contributed by atoms with Crippen LogP contribution in [0.4, 0.5) is 15.8 Å². The zero-order valence-electron chi connectivity index (χ0n) is 8.66. The van der Waals surface area contributed by atoms with E-state index in [-0.39, 0.29) is 6.04 Å². The van der Waals surface area contributed by atoms with E-state index in [9.17, 15) is 14.5 Å². The van der Waals surface area contributed by atoms with Gasteiger partial charge in [0.25, 0.3) is 0 Å². The standard InChI is InChI=1S/C10H13FN2O2/c1-3-7(2)12-8-4-5-10(13(14)15)9(11)6-8/h4-7,12H,3H2,1-2H3. The summed E-state index contributed by atoms with van der Waals surface area (Å²) in [6, 6.07) is 4.03. The van der Waals surface area contributed by atoms with Crippen LogP contribution < -0.4 is 5.32 Å². The van der Waals surface area contributed by atoms with Gasteiger partial charge in [0, 0.05) is 23.9 Å². The predicted octanol–water partition coefficient (Wildman–Crippen LogP) is 2.94. The van der Waals surface area contributed by atoms with Gasteiger partial charge < -0.3 is 5.32 Å². The van der Waals surface area contributed by atoms with Crippen molar-refractivity contribution in [2.75, 3.05) is 5.32 Å². The van der Waals surface area contributed by atoms with Crippen molar-refractivity contribution in [2.45, 2.75) is 26.3 Å². The van der Waals surface area contributed by atoms with Crippen molar-refractivity contribution in [1.29, 1.82) is 0 Å². The Morgan fingerprint density at radius 3 is 2.73 bits per heavy atom. The number of halogens is 1. The first kappa shape index (κ1) is 11.4. The summed E-state index contributed by atoms with van der Waals surface area (Å²) in [5, 5.41) is 13.4. The monoisotopic (exact) mass is 212 g/mol. The third-order valence-corrected chi connectivity index (χ3v) is 2.17. The number of nitro groups is 1. The minimum atomic E-state index is -0.812. The van der Waals surface area contributed by atoms with Gasteiger partial charge in [-0.05, 0) is 19.4 Å². The molecular formula is C10H13FN2O2. The van der Waals surface area contributed by atoms with Crippen molar-refractivity contribution in [1.82, 2.24) is 0 Å². The van der Waals surface area contributed by atoms with Gasteiger partial charge in [-0.2, -0.15) is 4.39 Å². The highest BCUT2D eigenvalue weighted by Crippen LogP contribution is 2.21. The van der Waals surface area contributed by atoms with Crippen molar-refractivity contribution >= 4 is 11.4 Å². The molecule has 0 bridgehead atoms. The van der Waals surface area contributed by atoms with Crippen molar-refractivity contribution in [3.8, 4) is 0 Å². The van der Waals surface area contributed by atoms with Crippen LogP contribution >= 0.6 is 0 Å². The van der Waals surface area contributed by atoms with E-state index < -0.39 is 16.4 Å². The molecule has 0 aromatic heterocycles. The summed E-state index contributed by atoms with van der Waals surface area (Å²) in [5.41, 5.74) is 0.0668. The van der Waals surface area contributed by atoms with Gasteiger partial charge in [-0.25, -0.2) is 0 Å². The minimum Gasteiger partial charge on any atom is -0.383 e. The first-order valence-corrected chi connectivity index (χ1v) is 4.75. The fourth-order valence-electron chi connectivity index (χ4n) is 1.13. The summed E-state index contributed by atoms with van der Waals surface area (Å²) in [4.78, 5) is 9.62. The molecular weight excluding hydrogens is 199 g/mol. The van der Waals surface area contributed by atoms with E-state index in [4.69, 9.17) is 0 Å². The van der Waals surface area contributed by atoms with Crippen molar-refractivity contribution < 1.29 is 9.31 Å². The lowest BCUT2D eigenvalue weighted by Crippen LogP contribution is -2.13. The molecule has 1 N–H and O–H groups in total. The fourth-order valence-corrected chi connectivity index (χ4v) is 1.13. The summed E-state index contributed by atoms with van der Waals surface area (Å²) in [6.45, 7) is 3.96. The predicted molar refractivity (Wildman–Crippen MR) is 56.4 cm³/mol. The van der Waals surface area contributed by atoms with E-state index in [2.05, 4.69) is 5.32 Å². The average Bonchev–Trinajstić information content (AvgIpc) is 2.17. The molecule has 15 heavy (non-hydrogen) atoms. The van der Waals surface area contributed by atoms with Crippen LogP contribution in [-0.4, -0.2) is 11.0 Å². The molecule has 1 atom stereocenters. The smallest absolute Gasteiger partial charge is 0.304 e. The van der Waals surface area contributed by atoms with E-state index in [1.165, 1.54) is 12.1 Å². The number of hydrogen-bond donors (Lipinski definition) is 1. The Balaban J connectivity index is 2.87. The zero-order valence-corrected chi connectivity index (χ0v) is 8.66. The van der Waals surface area contributed by atoms with Crippen LogP contribution in [0.3, 0.4) is 0 Å². The Labute approximate surface area is 87.3 Å². The van der Waals surface area contributed by atoms with Crippen LogP contribution in [0.25, 0.3) is 0 Å². The molecule has 0 amide bonds. The molecule has 1 rings (SSSR count). The fraction of sp³-hybridized carbons (Fsp3) is 0.400. The van der Waals surface area contributed by atoms with Crippen LogP contribution in [0.2, 0.25) is 0 Å². The summed E-state index contributed by atoms with van der Waals surface area (Å²) >= 11 is 0. The molecule has 0 aliphatic carbocycles. The molecule has 0 heterocycles. The highest BCUT2D eigenvalue weighted by atomic mass is 19.1. The van der Waals surface area contributed by atoms with Gasteiger partial charge >= 0.3 is 5.69 Å². The maximum Gasteiger partial charge on any atom is 0.304 e. The van der Waals surface area contributed by atoms with Crippen LogP contribution in [0.15, 0.2) is 18.2 Å². The van der Waals surface area contributed by atoms with Gasteiger partial charge in [0.2, 0.25) is 5.82 Å². The molecule has 1 aromatic carbocycles. The Kier molecular flexibility index (Phi) is 3.60. The molecule has 4 nitrogen and oxygen atoms in total. The Hall–Kier alpha value is -1.65. The number of nitrogens with one attached hydrogen (secondary N) is 1. The van der Waals surface area contributed by atoms with E-state index in [0.29, 0.717) is 5.69 Å². The van der Waals surface area contributed by atoms with E-state index in [1.54, 1.807) is 0 Å². The van der Waals surface area contributed by atoms with Gasteiger partial charge in [0.15, 0.2) is 0 Å². The first-order valence-electron chi connectivity index (χ1n) is 4.75. The lowest BCUT2D eigenvalue weighted by molar-refractivity contribution is -0.387. The molecule has 0 spiro atoms. The highest BCUT2D eigenvalue weighted by Gasteiger charge is 2.13. The van der Waals surface area contributed by atoms with Crippen molar-refractivity contribution in [2.24, 2.45) is 0 Å². The number of anilines is 1. The van der Waals surface area contributed by atoms with Crippen LogP contribution in [-0.2, 0) is 0 Å². The van der Waals surface area contributed by atoms with Crippen LogP contribution in [0.1, 0.15) is 20.3 Å². The second-order valence-corrected chi connectivity index (χ2v) is 3.38. The van der Waals surface area contributed by atoms with Gasteiger partial charge in [0.05, 0.1) is 4.92 Å². The number of rotatable bonds is 4. The molecule has 0 aliphatic rings. The SMILES string of the molecule is CCC(C)Nc1ccc([N+](=O)[O-])c(F)c1. The van der Waals surface area contributed by atoms with Crippen molar-refractivity contribution in [3.63, 3.8) is 0 Å². The maximum atomic E-state index is 13.2. The molecule has 0 fully saturated rings. The Morgan fingerprint density at radius 1 is 1.60 bits per heavy atom. The number of hydrogen-bond acceptors (Lipinski definition) is 3. The molecule has 1 unspecified atom stereocenters. The summed E-state index contributed by atoms with van der Waals surface area (Å²) in [6.07, 6.45) is 0.901. The molecule has 0 saturated heterocycles. The van der Waals surface area contributed by atoms with Crippen molar-refractivity contribution in [3.05, 3.63) is 34.1 Å². The Bertz CT molecular complexity index is 368. The molecule has 0 radical (unpaired) electrons. The molecule has 0 aliphatic heterocycles. The first-order chi connectivity index (χ1) is 7.04. The van der Waals surface area contributed by atoms with Gasteiger partial charge in [-0.15, -0.1) is 0 Å². The summed E-state index contributed by atoms with van der Waals surface area (Å²) in [5.74, 6) is -0.812. The lowest BCUT2D eigenvalue weighted by atomic mass is 10.2. The number of nitro benzene ring substituents is 1. The van der Waals surface area contributed by atoms with Gasteiger partial charge in [0.1, 0.15) is 0 Å². The maximum absolute atomic E-state index is 13.2. The minimum absolute atomic E-state index is 0.214. The number of benzene rings is 1. The number of nitrogens with zero attached hydrogens (tertiary/aromatic N) is 1. The summed E-state index contributed by atoms with van der Waals surface area (Å²) in [7, 11) is 0. The van der Waals surface area contributed by atoms with E-state index >= 15 is 0 Å². The second kappa shape index (κ2) is 4.72. The summed E-state index contributed by atoms with van der Waals surface area (Å²) < 4.78 is 13.2. The highest BCUT2D eigenvalue weighted by molar-refractivity contribution is 5.50. The lowest BCUT2D eigenvalue weighted by Gasteiger charge is -2.12. The molecule has 5 heteroatoms. The van der Waals surface area contributed by atoms with Crippen LogP contribution in [0, 0.1) is 15.9 Å². The third-order valence-electron chi connectivity index (χ3n) is 2.17. The molecule has 82 valence electrons. The molecule has 0 saturated carbocycles. The average molecular weight is 212 g/mol. The van der Waals surface area contributed by atoms with Crippen LogP contribution in [0.5, 0.6) is 0 Å². The largest absolute Gasteiger partial charge is 0.383 e. The normalized spacial score (nSPS) is 12.2. The zero-order chi connectivity index (χ0) is 11.4. The van der Waals surface area contributed by atoms with Gasteiger partial charge in [-0.3, -0.25) is 10.1 Å². The quantitative estimate of drug-likeness (QED) is 0.616. The van der Waals surface area contributed by atoms with E-state index in [0.717, 1.165) is 12.5 Å². The topological polar surface area (TPSA) is 55.2 Å². The molecule has 1 aromatic rings. The van der Waals surface area contributed by atoms with Gasteiger partial charge in [-0.1, -0.05) is 6.92 Å². The second-order valence-electron chi connectivity index (χ2n) is 3.38. The van der Waals surface area contributed by atoms with E-state index in [1.807, 2.05) is 13.8 Å².